The van der Waals surface area contributed by atoms with Crippen LogP contribution in [0.2, 0.25) is 5.15 Å². The number of pyridine rings is 1. The molecule has 0 aliphatic heterocycles. The summed E-state index contributed by atoms with van der Waals surface area (Å²) in [7, 11) is 0. The van der Waals surface area contributed by atoms with Gasteiger partial charge in [-0.2, -0.15) is 0 Å². The van der Waals surface area contributed by atoms with Crippen LogP contribution >= 0.6 is 11.6 Å². The van der Waals surface area contributed by atoms with Crippen LogP contribution in [0.5, 0.6) is 0 Å². The minimum atomic E-state index is -0.971. The fourth-order valence-corrected chi connectivity index (χ4v) is 1.24. The largest absolute Gasteiger partial charge is 0.481 e. The summed E-state index contributed by atoms with van der Waals surface area (Å²) in [5.74, 6) is -1.21. The van der Waals surface area contributed by atoms with Gasteiger partial charge in [-0.3, -0.25) is 9.59 Å². The van der Waals surface area contributed by atoms with Crippen LogP contribution in [0.25, 0.3) is 0 Å². The van der Waals surface area contributed by atoms with Crippen LogP contribution in [0.15, 0.2) is 12.1 Å². The molecule has 1 rings (SSSR count). The highest BCUT2D eigenvalue weighted by molar-refractivity contribution is 6.29. The second-order valence-electron chi connectivity index (χ2n) is 2.81. The summed E-state index contributed by atoms with van der Waals surface area (Å²) in [6, 6.07) is 2.87. The van der Waals surface area contributed by atoms with E-state index < -0.39 is 5.97 Å². The first-order valence-electron chi connectivity index (χ1n) is 3.88. The number of carboxylic acid groups (broad SMARTS) is 1. The number of aliphatic carboxylic acids is 1. The third-order valence-electron chi connectivity index (χ3n) is 1.57. The molecule has 74 valence electrons. The van der Waals surface area contributed by atoms with Gasteiger partial charge in [0.15, 0.2) is 5.78 Å². The van der Waals surface area contributed by atoms with E-state index in [0.29, 0.717) is 5.56 Å². The third-order valence-corrected chi connectivity index (χ3v) is 1.76. The van der Waals surface area contributed by atoms with E-state index in [1.54, 1.807) is 0 Å². The molecule has 0 bridgehead atoms. The van der Waals surface area contributed by atoms with E-state index in [2.05, 4.69) is 4.98 Å². The summed E-state index contributed by atoms with van der Waals surface area (Å²) in [5, 5.41) is 8.67. The normalized spacial score (nSPS) is 9.86. The van der Waals surface area contributed by atoms with Crippen LogP contribution in [-0.4, -0.2) is 21.8 Å². The number of rotatable bonds is 3. The maximum absolute atomic E-state index is 11.0. The quantitative estimate of drug-likeness (QED) is 0.611. The van der Waals surface area contributed by atoms with Gasteiger partial charge < -0.3 is 5.11 Å². The van der Waals surface area contributed by atoms with Crippen molar-refractivity contribution in [3.05, 3.63) is 28.5 Å². The summed E-state index contributed by atoms with van der Waals surface area (Å²) in [4.78, 5) is 25.1. The van der Waals surface area contributed by atoms with Gasteiger partial charge in [-0.25, -0.2) is 4.98 Å². The predicted octanol–water partition coefficient (Wildman–Crippen LogP) is 1.56. The van der Waals surface area contributed by atoms with Gasteiger partial charge in [-0.15, -0.1) is 0 Å². The van der Waals surface area contributed by atoms with Crippen molar-refractivity contribution in [1.29, 1.82) is 0 Å². The lowest BCUT2D eigenvalue weighted by atomic mass is 10.1. The summed E-state index contributed by atoms with van der Waals surface area (Å²) < 4.78 is 0. The first kappa shape index (κ1) is 10.7. The van der Waals surface area contributed by atoms with Crippen molar-refractivity contribution in [1.82, 2.24) is 4.98 Å². The van der Waals surface area contributed by atoms with Crippen LogP contribution in [0.3, 0.4) is 0 Å². The smallest absolute Gasteiger partial charge is 0.307 e. The van der Waals surface area contributed by atoms with Gasteiger partial charge in [0, 0.05) is 6.92 Å². The molecule has 1 aromatic rings. The number of Topliss-reactive ketones (excluding diaryl/α,β-unsaturated/α-hetero) is 1. The van der Waals surface area contributed by atoms with E-state index in [1.165, 1.54) is 19.1 Å². The highest BCUT2D eigenvalue weighted by Crippen LogP contribution is 2.12. The van der Waals surface area contributed by atoms with E-state index >= 15 is 0 Å². The van der Waals surface area contributed by atoms with Crippen molar-refractivity contribution >= 4 is 23.4 Å². The average Bonchev–Trinajstić information content (AvgIpc) is 2.01. The molecule has 4 nitrogen and oxygen atoms in total. The summed E-state index contributed by atoms with van der Waals surface area (Å²) >= 11 is 5.62. The molecular weight excluding hydrogens is 206 g/mol. The summed E-state index contributed by atoms with van der Waals surface area (Å²) in [6.45, 7) is 1.35. The number of ketones is 1. The molecule has 5 heteroatoms. The highest BCUT2D eigenvalue weighted by atomic mass is 35.5. The van der Waals surface area contributed by atoms with Gasteiger partial charge in [0.25, 0.3) is 0 Å². The fourth-order valence-electron chi connectivity index (χ4n) is 1.01. The number of nitrogens with zero attached hydrogens (tertiary/aromatic N) is 1. The first-order valence-corrected chi connectivity index (χ1v) is 4.26. The van der Waals surface area contributed by atoms with Crippen LogP contribution in [0.4, 0.5) is 0 Å². The van der Waals surface area contributed by atoms with Gasteiger partial charge >= 0.3 is 5.97 Å². The van der Waals surface area contributed by atoms with E-state index in [4.69, 9.17) is 16.7 Å². The molecule has 1 N–H and O–H groups in total. The molecule has 14 heavy (non-hydrogen) atoms. The fraction of sp³-hybridized carbons (Fsp3) is 0.222. The maximum Gasteiger partial charge on any atom is 0.307 e. The molecule has 0 radical (unpaired) electrons. The number of carboxylic acids is 1. The van der Waals surface area contributed by atoms with Gasteiger partial charge in [0.1, 0.15) is 10.8 Å². The Morgan fingerprint density at radius 3 is 2.64 bits per heavy atom. The average molecular weight is 214 g/mol. The molecule has 0 unspecified atom stereocenters. The van der Waals surface area contributed by atoms with Crippen molar-refractivity contribution in [3.8, 4) is 0 Å². The molecular formula is C9H8ClNO3. The number of carbonyl (C=O) groups excluding carboxylic acids is 1. The lowest BCUT2D eigenvalue weighted by Gasteiger charge is -2.00. The minimum Gasteiger partial charge on any atom is -0.481 e. The van der Waals surface area contributed by atoms with Gasteiger partial charge in [-0.05, 0) is 17.7 Å². The molecule has 1 aromatic heterocycles. The zero-order valence-corrected chi connectivity index (χ0v) is 8.21. The second-order valence-corrected chi connectivity index (χ2v) is 3.20. The number of hydrogen-bond donors (Lipinski definition) is 1. The minimum absolute atomic E-state index is 0.133. The lowest BCUT2D eigenvalue weighted by molar-refractivity contribution is -0.136. The number of hydrogen-bond acceptors (Lipinski definition) is 3. The van der Waals surface area contributed by atoms with E-state index in [0.717, 1.165) is 0 Å². The molecule has 1 heterocycles. The van der Waals surface area contributed by atoms with Crippen LogP contribution in [-0.2, 0) is 11.2 Å². The molecule has 0 saturated carbocycles. The Hall–Kier alpha value is -1.42. The Morgan fingerprint density at radius 2 is 2.14 bits per heavy atom. The summed E-state index contributed by atoms with van der Waals surface area (Å²) in [6.07, 6.45) is -0.164. The van der Waals surface area contributed by atoms with Crippen LogP contribution < -0.4 is 0 Å². The van der Waals surface area contributed by atoms with E-state index in [-0.39, 0.29) is 23.1 Å². The number of carbonyl (C=O) groups is 2. The molecule has 0 aliphatic rings. The van der Waals surface area contributed by atoms with Crippen LogP contribution in [0.1, 0.15) is 23.0 Å². The Balaban J connectivity index is 3.07. The molecule has 0 fully saturated rings. The Labute approximate surface area is 85.5 Å². The summed E-state index contributed by atoms with van der Waals surface area (Å²) in [5.41, 5.74) is 0.663. The molecule has 0 spiro atoms. The second kappa shape index (κ2) is 4.19. The molecule has 0 saturated heterocycles. The molecule has 0 aromatic carbocycles. The first-order chi connectivity index (χ1) is 6.49. The third kappa shape index (κ3) is 2.81. The predicted molar refractivity (Wildman–Crippen MR) is 50.6 cm³/mol. The lowest BCUT2D eigenvalue weighted by Crippen LogP contribution is -2.04. The molecule has 0 aliphatic carbocycles. The zero-order valence-electron chi connectivity index (χ0n) is 7.45. The van der Waals surface area contributed by atoms with Crippen LogP contribution in [0, 0.1) is 0 Å². The van der Waals surface area contributed by atoms with Crippen molar-refractivity contribution in [2.24, 2.45) is 0 Å². The topological polar surface area (TPSA) is 67.3 Å². The van der Waals surface area contributed by atoms with Crippen molar-refractivity contribution in [3.63, 3.8) is 0 Å². The monoisotopic (exact) mass is 213 g/mol. The molecule has 0 amide bonds. The standard InChI is InChI=1S/C9H8ClNO3/c1-5(12)7-2-6(4-9(13)14)3-8(10)11-7/h2-3H,4H2,1H3,(H,13,14). The Bertz CT molecular complexity index is 390. The van der Waals surface area contributed by atoms with Gasteiger partial charge in [0.05, 0.1) is 6.42 Å². The maximum atomic E-state index is 11.0. The number of aromatic nitrogens is 1. The van der Waals surface area contributed by atoms with E-state index in [1.807, 2.05) is 0 Å². The number of halogens is 1. The highest BCUT2D eigenvalue weighted by Gasteiger charge is 2.07. The van der Waals surface area contributed by atoms with Gasteiger partial charge in [-0.1, -0.05) is 11.6 Å². The Morgan fingerprint density at radius 1 is 1.50 bits per heavy atom. The van der Waals surface area contributed by atoms with Crippen molar-refractivity contribution < 1.29 is 14.7 Å². The SMILES string of the molecule is CC(=O)c1cc(CC(=O)O)cc(Cl)n1. The zero-order chi connectivity index (χ0) is 10.7. The van der Waals surface area contributed by atoms with Crippen molar-refractivity contribution in [2.45, 2.75) is 13.3 Å². The van der Waals surface area contributed by atoms with Crippen molar-refractivity contribution in [2.75, 3.05) is 0 Å². The molecule has 0 atom stereocenters. The Kier molecular flexibility index (Phi) is 3.19. The van der Waals surface area contributed by atoms with Gasteiger partial charge in [0.2, 0.25) is 0 Å². The van der Waals surface area contributed by atoms with E-state index in [9.17, 15) is 9.59 Å².